The van der Waals surface area contributed by atoms with Crippen LogP contribution in [0.3, 0.4) is 0 Å². The summed E-state index contributed by atoms with van der Waals surface area (Å²) in [7, 11) is 0. The van der Waals surface area contributed by atoms with Gasteiger partial charge < -0.3 is 14.5 Å². The molecule has 0 amide bonds. The van der Waals surface area contributed by atoms with E-state index in [1.54, 1.807) is 0 Å². The summed E-state index contributed by atoms with van der Waals surface area (Å²) in [4.78, 5) is 6.96. The normalized spacial score (nSPS) is 24.1. The van der Waals surface area contributed by atoms with Gasteiger partial charge in [0, 0.05) is 25.7 Å². The van der Waals surface area contributed by atoms with Gasteiger partial charge in [-0.1, -0.05) is 12.1 Å². The van der Waals surface area contributed by atoms with Gasteiger partial charge in [0.1, 0.15) is 5.52 Å². The molecule has 5 nitrogen and oxygen atoms in total. The Hall–Kier alpha value is -1.59. The molecule has 1 aromatic heterocycles. The fourth-order valence-corrected chi connectivity index (χ4v) is 2.79. The summed E-state index contributed by atoms with van der Waals surface area (Å²) in [5, 5.41) is 3.25. The predicted octanol–water partition coefficient (Wildman–Crippen LogP) is 2.10. The number of para-hydroxylation sites is 2. The first-order valence-electron chi connectivity index (χ1n) is 7.33. The molecule has 2 heterocycles. The van der Waals surface area contributed by atoms with Gasteiger partial charge in [-0.2, -0.15) is 4.98 Å². The second kappa shape index (κ2) is 5.07. The number of nitrogens with one attached hydrogen (secondary N) is 1. The van der Waals surface area contributed by atoms with Crippen LogP contribution in [-0.2, 0) is 4.74 Å². The van der Waals surface area contributed by atoms with E-state index in [0.29, 0.717) is 6.01 Å². The van der Waals surface area contributed by atoms with Crippen molar-refractivity contribution in [1.29, 1.82) is 0 Å². The molecule has 106 valence electrons. The second-order valence-electron chi connectivity index (χ2n) is 5.59. The second-order valence-corrected chi connectivity index (χ2v) is 5.59. The molecule has 2 aliphatic rings. The maximum atomic E-state index is 5.81. The van der Waals surface area contributed by atoms with Gasteiger partial charge in [0.25, 0.3) is 6.01 Å². The van der Waals surface area contributed by atoms with Crippen LogP contribution < -0.4 is 5.32 Å². The molecule has 5 heteroatoms. The first-order valence-corrected chi connectivity index (χ1v) is 7.33. The SMILES string of the molecule is c1ccc2oc(NCC3CN(C4CC4)CCO3)nc2c1. The van der Waals surface area contributed by atoms with Crippen LogP contribution >= 0.6 is 0 Å². The van der Waals surface area contributed by atoms with Crippen molar-refractivity contribution in [1.82, 2.24) is 9.88 Å². The third-order valence-electron chi connectivity index (χ3n) is 4.01. The number of aromatic nitrogens is 1. The first kappa shape index (κ1) is 12.2. The number of hydrogen-bond acceptors (Lipinski definition) is 5. The zero-order valence-corrected chi connectivity index (χ0v) is 11.4. The molecule has 4 rings (SSSR count). The van der Waals surface area contributed by atoms with E-state index in [1.165, 1.54) is 12.8 Å². The number of fused-ring (bicyclic) bond motifs is 1. The van der Waals surface area contributed by atoms with E-state index in [0.717, 1.165) is 43.4 Å². The lowest BCUT2D eigenvalue weighted by Gasteiger charge is -2.32. The molecule has 1 N–H and O–H groups in total. The van der Waals surface area contributed by atoms with Crippen molar-refractivity contribution in [2.45, 2.75) is 25.0 Å². The Balaban J connectivity index is 1.37. The van der Waals surface area contributed by atoms with Crippen LogP contribution in [0.2, 0.25) is 0 Å². The molecule has 0 spiro atoms. The summed E-state index contributed by atoms with van der Waals surface area (Å²) in [6.07, 6.45) is 2.93. The molecule has 2 fully saturated rings. The van der Waals surface area contributed by atoms with Crippen LogP contribution in [0.4, 0.5) is 6.01 Å². The van der Waals surface area contributed by atoms with E-state index in [1.807, 2.05) is 24.3 Å². The van der Waals surface area contributed by atoms with Gasteiger partial charge in [0.15, 0.2) is 5.58 Å². The molecule has 1 aromatic carbocycles. The molecule has 0 bridgehead atoms. The fraction of sp³-hybridized carbons (Fsp3) is 0.533. The fourth-order valence-electron chi connectivity index (χ4n) is 2.79. The van der Waals surface area contributed by atoms with E-state index in [4.69, 9.17) is 9.15 Å². The number of morpholine rings is 1. The molecule has 20 heavy (non-hydrogen) atoms. The first-order chi connectivity index (χ1) is 9.88. The predicted molar refractivity (Wildman–Crippen MR) is 76.8 cm³/mol. The number of hydrogen-bond donors (Lipinski definition) is 1. The van der Waals surface area contributed by atoms with Gasteiger partial charge in [0.05, 0.1) is 12.7 Å². The largest absolute Gasteiger partial charge is 0.424 e. The van der Waals surface area contributed by atoms with Gasteiger partial charge in [-0.15, -0.1) is 0 Å². The van der Waals surface area contributed by atoms with E-state index in [-0.39, 0.29) is 6.10 Å². The van der Waals surface area contributed by atoms with Crippen molar-refractivity contribution < 1.29 is 9.15 Å². The highest BCUT2D eigenvalue weighted by molar-refractivity contribution is 5.74. The highest BCUT2D eigenvalue weighted by Crippen LogP contribution is 2.28. The van der Waals surface area contributed by atoms with Crippen LogP contribution in [0.1, 0.15) is 12.8 Å². The topological polar surface area (TPSA) is 50.5 Å². The van der Waals surface area contributed by atoms with Crippen LogP contribution in [0, 0.1) is 0 Å². The summed E-state index contributed by atoms with van der Waals surface area (Å²) >= 11 is 0. The minimum atomic E-state index is 0.222. The molecule has 2 aromatic rings. The lowest BCUT2D eigenvalue weighted by Crippen LogP contribution is -2.46. The Bertz CT molecular complexity index is 561. The number of rotatable bonds is 4. The van der Waals surface area contributed by atoms with Crippen LogP contribution in [-0.4, -0.2) is 48.3 Å². The molecular formula is C15H19N3O2. The number of ether oxygens (including phenoxy) is 1. The Morgan fingerprint density at radius 3 is 3.05 bits per heavy atom. The molecule has 1 aliphatic carbocycles. The highest BCUT2D eigenvalue weighted by Gasteiger charge is 2.32. The molecule has 1 saturated heterocycles. The van der Waals surface area contributed by atoms with Crippen molar-refractivity contribution in [3.8, 4) is 0 Å². The summed E-state index contributed by atoms with van der Waals surface area (Å²) < 4.78 is 11.5. The van der Waals surface area contributed by atoms with E-state index < -0.39 is 0 Å². The quantitative estimate of drug-likeness (QED) is 0.924. The monoisotopic (exact) mass is 273 g/mol. The Morgan fingerprint density at radius 2 is 2.20 bits per heavy atom. The number of nitrogens with zero attached hydrogens (tertiary/aromatic N) is 2. The molecule has 1 aliphatic heterocycles. The van der Waals surface area contributed by atoms with Gasteiger partial charge in [0.2, 0.25) is 0 Å². The van der Waals surface area contributed by atoms with Crippen molar-refractivity contribution in [3.63, 3.8) is 0 Å². The number of benzene rings is 1. The van der Waals surface area contributed by atoms with Crippen molar-refractivity contribution >= 4 is 17.1 Å². The summed E-state index contributed by atoms with van der Waals surface area (Å²) in [5.41, 5.74) is 1.71. The van der Waals surface area contributed by atoms with E-state index >= 15 is 0 Å². The molecule has 1 atom stereocenters. The number of oxazole rings is 1. The third-order valence-corrected chi connectivity index (χ3v) is 4.01. The summed E-state index contributed by atoms with van der Waals surface area (Å²) in [5.74, 6) is 0. The zero-order chi connectivity index (χ0) is 13.4. The van der Waals surface area contributed by atoms with Crippen molar-refractivity contribution in [2.24, 2.45) is 0 Å². The van der Waals surface area contributed by atoms with E-state index in [2.05, 4.69) is 15.2 Å². The van der Waals surface area contributed by atoms with Crippen LogP contribution in [0.25, 0.3) is 11.1 Å². The van der Waals surface area contributed by atoms with Gasteiger partial charge >= 0.3 is 0 Å². The summed E-state index contributed by atoms with van der Waals surface area (Å²) in [6.45, 7) is 3.66. The Morgan fingerprint density at radius 1 is 1.30 bits per heavy atom. The maximum absolute atomic E-state index is 5.81. The minimum absolute atomic E-state index is 0.222. The smallest absolute Gasteiger partial charge is 0.295 e. The molecule has 0 radical (unpaired) electrons. The molecular weight excluding hydrogens is 254 g/mol. The highest BCUT2D eigenvalue weighted by atomic mass is 16.5. The van der Waals surface area contributed by atoms with Crippen LogP contribution in [0.15, 0.2) is 28.7 Å². The molecule has 1 unspecified atom stereocenters. The molecule has 1 saturated carbocycles. The van der Waals surface area contributed by atoms with Crippen LogP contribution in [0.5, 0.6) is 0 Å². The third kappa shape index (κ3) is 2.51. The minimum Gasteiger partial charge on any atom is -0.424 e. The van der Waals surface area contributed by atoms with Gasteiger partial charge in [-0.05, 0) is 25.0 Å². The average molecular weight is 273 g/mol. The van der Waals surface area contributed by atoms with Gasteiger partial charge in [-0.25, -0.2) is 0 Å². The summed E-state index contributed by atoms with van der Waals surface area (Å²) in [6, 6.07) is 9.20. The van der Waals surface area contributed by atoms with Crippen molar-refractivity contribution in [3.05, 3.63) is 24.3 Å². The standard InChI is InChI=1S/C15H19N3O2/c1-2-4-14-13(3-1)17-15(20-14)16-9-12-10-18(7-8-19-12)11-5-6-11/h1-4,11-12H,5-10H2,(H,16,17). The lowest BCUT2D eigenvalue weighted by atomic mass is 10.2. The number of anilines is 1. The average Bonchev–Trinajstić information content (AvgIpc) is 3.25. The Kier molecular flexibility index (Phi) is 3.09. The van der Waals surface area contributed by atoms with Crippen molar-refractivity contribution in [2.75, 3.05) is 31.6 Å². The maximum Gasteiger partial charge on any atom is 0.295 e. The van der Waals surface area contributed by atoms with E-state index in [9.17, 15) is 0 Å². The van der Waals surface area contributed by atoms with Gasteiger partial charge in [-0.3, -0.25) is 4.90 Å². The lowest BCUT2D eigenvalue weighted by molar-refractivity contribution is -0.0243. The Labute approximate surface area is 117 Å². The zero-order valence-electron chi connectivity index (χ0n) is 11.4.